The second-order valence-corrected chi connectivity index (χ2v) is 17.8. The summed E-state index contributed by atoms with van der Waals surface area (Å²) in [5.41, 5.74) is 7.34. The number of nitrogens with one attached hydrogen (secondary N) is 5. The number of benzene rings is 3. The van der Waals surface area contributed by atoms with E-state index in [0.29, 0.717) is 97.3 Å². The Balaban J connectivity index is 1.09. The van der Waals surface area contributed by atoms with E-state index in [9.17, 15) is 38.3 Å². The number of ether oxygens (including phenoxy) is 4. The molecule has 2 heterocycles. The summed E-state index contributed by atoms with van der Waals surface area (Å²) >= 11 is 0. The summed E-state index contributed by atoms with van der Waals surface area (Å²) in [6, 6.07) is 15.0. The zero-order valence-electron chi connectivity index (χ0n) is 41.8. The smallest absolute Gasteiger partial charge is 0.409 e. The maximum absolute atomic E-state index is 14.1. The molecule has 2 unspecified atom stereocenters. The van der Waals surface area contributed by atoms with Crippen molar-refractivity contribution in [2.45, 2.75) is 84.7 Å². The van der Waals surface area contributed by atoms with Crippen LogP contribution in [0.2, 0.25) is 0 Å². The number of anilines is 2. The molecule has 5 amide bonds. The Labute approximate surface area is 419 Å². The Bertz CT molecular complexity index is 2630. The summed E-state index contributed by atoms with van der Waals surface area (Å²) in [7, 11) is 1.63. The van der Waals surface area contributed by atoms with Crippen molar-refractivity contribution < 1.29 is 57.2 Å². The van der Waals surface area contributed by atoms with E-state index in [1.165, 1.54) is 23.1 Å². The summed E-state index contributed by atoms with van der Waals surface area (Å²) in [4.78, 5) is 84.1. The van der Waals surface area contributed by atoms with Crippen LogP contribution in [0.5, 0.6) is 0 Å². The number of aromatic amines is 1. The van der Waals surface area contributed by atoms with Crippen LogP contribution in [0.1, 0.15) is 119 Å². The fraction of sp³-hybridized carbons (Fsp3) is 0.444. The van der Waals surface area contributed by atoms with Crippen molar-refractivity contribution in [3.63, 3.8) is 0 Å². The molecular formula is C54H67FN6O11. The molecule has 2 atom stereocenters. The number of nitrogens with zero attached hydrogens (tertiary/aromatic N) is 1. The lowest BCUT2D eigenvalue weighted by Gasteiger charge is -2.22. The maximum Gasteiger partial charge on any atom is 0.409 e. The van der Waals surface area contributed by atoms with Gasteiger partial charge in [0.1, 0.15) is 12.4 Å². The standard InChI is InChI=1S/C54H67FN6O11/c1-6-61(23-21-57-53(67)50-34(3)46(58-35(50)4)31-43-42-29-36(55)16-19-45(42)60-52(43)66)54(68)72-32-44-38-11-7-12-40(47(63)13-9-27-71-33(2)20-24-62)51(38)39-18-17-37(30-41(39)44)59-49(65)15-8-14-48(64)56-22-28-70-26-10-25-69-5/h7,11-12,16-19,29-31,33,44,58,62H,6,8-10,13-15,20-28,32H2,1-5H3,(H,56,64)(H,57,67)(H,59,65)(H,60,66)/b43-31-. The number of methoxy groups -OCH3 is 1. The number of H-pyrrole nitrogens is 1. The van der Waals surface area contributed by atoms with E-state index in [4.69, 9.17) is 18.9 Å². The second kappa shape index (κ2) is 26.6. The molecule has 18 heteroatoms. The Morgan fingerprint density at radius 3 is 2.47 bits per heavy atom. The quantitative estimate of drug-likeness (QED) is 0.0188. The number of likely N-dealkylation sites (N-methyl/N-ethyl adjacent to an activating group) is 1. The van der Waals surface area contributed by atoms with Gasteiger partial charge in [-0.3, -0.25) is 24.0 Å². The Morgan fingerprint density at radius 1 is 0.889 bits per heavy atom. The molecule has 0 saturated carbocycles. The van der Waals surface area contributed by atoms with Crippen molar-refractivity contribution in [2.24, 2.45) is 0 Å². The summed E-state index contributed by atoms with van der Waals surface area (Å²) in [5.74, 6) is -2.27. The number of carbonyl (C=O) groups is 6. The predicted molar refractivity (Wildman–Crippen MR) is 271 cm³/mol. The van der Waals surface area contributed by atoms with Gasteiger partial charge in [0.15, 0.2) is 5.78 Å². The molecule has 6 N–H and O–H groups in total. The summed E-state index contributed by atoms with van der Waals surface area (Å²) in [5, 5.41) is 20.6. The first-order valence-corrected chi connectivity index (χ1v) is 24.6. The van der Waals surface area contributed by atoms with Gasteiger partial charge in [-0.05, 0) is 118 Å². The number of fused-ring (bicyclic) bond motifs is 4. The zero-order chi connectivity index (χ0) is 51.7. The molecule has 2 aliphatic rings. The number of aliphatic hydroxyl groups excluding tert-OH is 1. The molecule has 1 aliphatic carbocycles. The number of carbonyl (C=O) groups excluding carboxylic acids is 6. The third-order valence-electron chi connectivity index (χ3n) is 12.7. The van der Waals surface area contributed by atoms with E-state index >= 15 is 0 Å². The van der Waals surface area contributed by atoms with Gasteiger partial charge >= 0.3 is 6.09 Å². The predicted octanol–water partition coefficient (Wildman–Crippen LogP) is 7.29. The average Bonchev–Trinajstić information content (AvgIpc) is 3.95. The number of Topliss-reactive ketones (excluding diaryl/α,β-unsaturated/α-hetero) is 1. The highest BCUT2D eigenvalue weighted by Gasteiger charge is 2.34. The van der Waals surface area contributed by atoms with Gasteiger partial charge in [0.2, 0.25) is 11.8 Å². The Hall–Kier alpha value is -6.73. The Morgan fingerprint density at radius 2 is 1.69 bits per heavy atom. The zero-order valence-corrected chi connectivity index (χ0v) is 41.8. The van der Waals surface area contributed by atoms with Crippen LogP contribution in [-0.2, 0) is 33.3 Å². The van der Waals surface area contributed by atoms with Crippen LogP contribution < -0.4 is 21.3 Å². The minimum Gasteiger partial charge on any atom is -0.448 e. The van der Waals surface area contributed by atoms with Gasteiger partial charge in [0.25, 0.3) is 11.8 Å². The lowest BCUT2D eigenvalue weighted by atomic mass is 9.93. The highest BCUT2D eigenvalue weighted by molar-refractivity contribution is 6.35. The van der Waals surface area contributed by atoms with Crippen LogP contribution in [0.25, 0.3) is 22.8 Å². The number of amides is 5. The van der Waals surface area contributed by atoms with Crippen molar-refractivity contribution in [1.29, 1.82) is 0 Å². The first-order valence-electron chi connectivity index (χ1n) is 24.6. The molecule has 0 bridgehead atoms. The minimum absolute atomic E-state index is 0.0142. The monoisotopic (exact) mass is 994 g/mol. The molecule has 6 rings (SSSR count). The first-order chi connectivity index (χ1) is 34.7. The molecule has 3 aromatic carbocycles. The number of hydrogen-bond donors (Lipinski definition) is 6. The molecule has 4 aromatic rings. The normalized spacial score (nSPS) is 14.3. The van der Waals surface area contributed by atoms with E-state index in [2.05, 4.69) is 26.3 Å². The van der Waals surface area contributed by atoms with Crippen molar-refractivity contribution in [3.8, 4) is 11.1 Å². The third-order valence-corrected chi connectivity index (χ3v) is 12.7. The minimum atomic E-state index is -0.609. The molecule has 1 aliphatic heterocycles. The summed E-state index contributed by atoms with van der Waals surface area (Å²) in [6.07, 6.45) is 3.45. The van der Waals surface area contributed by atoms with Gasteiger partial charge in [-0.25, -0.2) is 9.18 Å². The molecule has 0 saturated heterocycles. The van der Waals surface area contributed by atoms with Gasteiger partial charge in [0, 0.05) is 119 Å². The number of rotatable bonds is 28. The molecule has 17 nitrogen and oxygen atoms in total. The molecule has 1 aromatic heterocycles. The van der Waals surface area contributed by atoms with Crippen LogP contribution in [0.3, 0.4) is 0 Å². The second-order valence-electron chi connectivity index (χ2n) is 17.8. The van der Waals surface area contributed by atoms with Crippen LogP contribution in [-0.4, -0.2) is 130 Å². The summed E-state index contributed by atoms with van der Waals surface area (Å²) in [6.45, 7) is 9.85. The lowest BCUT2D eigenvalue weighted by Crippen LogP contribution is -2.39. The van der Waals surface area contributed by atoms with Crippen molar-refractivity contribution in [1.82, 2.24) is 20.5 Å². The summed E-state index contributed by atoms with van der Waals surface area (Å²) < 4.78 is 36.3. The van der Waals surface area contributed by atoms with E-state index in [0.717, 1.165) is 28.7 Å². The molecular weight excluding hydrogens is 928 g/mol. The van der Waals surface area contributed by atoms with Crippen molar-refractivity contribution >= 4 is 58.5 Å². The number of aromatic nitrogens is 1. The molecule has 72 heavy (non-hydrogen) atoms. The number of aryl methyl sites for hydroxylation is 1. The Kier molecular flexibility index (Phi) is 20.2. The fourth-order valence-electron chi connectivity index (χ4n) is 8.93. The molecule has 0 fully saturated rings. The van der Waals surface area contributed by atoms with Gasteiger partial charge < -0.3 is 55.2 Å². The van der Waals surface area contributed by atoms with Gasteiger partial charge in [0.05, 0.1) is 23.8 Å². The van der Waals surface area contributed by atoms with Gasteiger partial charge in [-0.1, -0.05) is 24.3 Å². The topological polar surface area (TPSA) is 227 Å². The molecule has 386 valence electrons. The number of hydrogen-bond acceptors (Lipinski definition) is 11. The van der Waals surface area contributed by atoms with Crippen LogP contribution >= 0.6 is 0 Å². The molecule has 0 radical (unpaired) electrons. The third kappa shape index (κ3) is 14.2. The van der Waals surface area contributed by atoms with Crippen molar-refractivity contribution in [3.05, 3.63) is 105 Å². The van der Waals surface area contributed by atoms with Crippen LogP contribution in [0, 0.1) is 19.7 Å². The van der Waals surface area contributed by atoms with Gasteiger partial charge in [-0.2, -0.15) is 0 Å². The highest BCUT2D eigenvalue weighted by atomic mass is 19.1. The number of halogens is 1. The highest BCUT2D eigenvalue weighted by Crippen LogP contribution is 2.48. The lowest BCUT2D eigenvalue weighted by molar-refractivity contribution is -0.121. The van der Waals surface area contributed by atoms with E-state index in [-0.39, 0.29) is 93.2 Å². The van der Waals surface area contributed by atoms with E-state index < -0.39 is 17.8 Å². The fourth-order valence-corrected chi connectivity index (χ4v) is 8.93. The number of ketones is 1. The van der Waals surface area contributed by atoms with Crippen LogP contribution in [0.4, 0.5) is 20.6 Å². The average molecular weight is 995 g/mol. The first kappa shape index (κ1) is 54.6. The maximum atomic E-state index is 14.1. The van der Waals surface area contributed by atoms with Gasteiger partial charge in [-0.15, -0.1) is 0 Å². The largest absolute Gasteiger partial charge is 0.448 e. The van der Waals surface area contributed by atoms with E-state index in [1.807, 2.05) is 31.2 Å². The molecule has 0 spiro atoms. The van der Waals surface area contributed by atoms with Crippen LogP contribution in [0.15, 0.2) is 54.6 Å². The number of aliphatic hydroxyl groups is 1. The van der Waals surface area contributed by atoms with Crippen molar-refractivity contribution in [2.75, 3.05) is 83.6 Å². The van der Waals surface area contributed by atoms with E-state index in [1.54, 1.807) is 46.1 Å². The SMILES string of the molecule is CCN(CCNC(=O)c1c(C)[nH]c(/C=C2\C(=O)Nc3ccc(F)cc32)c1C)C(=O)OCC1c2cc(NC(=O)CCCC(=O)NCCOCCCOC)ccc2-c2c(C(=O)CCCOC(C)CCO)cccc21.